The van der Waals surface area contributed by atoms with E-state index in [9.17, 15) is 8.78 Å². The third-order valence-corrected chi connectivity index (χ3v) is 4.77. The number of nitrogens with one attached hydrogen (secondary N) is 1. The number of halogens is 2. The molecule has 17 heavy (non-hydrogen) atoms. The first-order valence-electron chi connectivity index (χ1n) is 5.94. The first-order valence-corrected chi connectivity index (χ1v) is 6.99. The Kier molecular flexibility index (Phi) is 4.40. The fraction of sp³-hybridized carbons (Fsp3) is 0.538. The van der Waals surface area contributed by atoms with Crippen LogP contribution >= 0.6 is 11.8 Å². The molecule has 1 nitrogen and oxygen atoms in total. The van der Waals surface area contributed by atoms with Crippen molar-refractivity contribution in [1.82, 2.24) is 5.32 Å². The number of hydrogen-bond acceptors (Lipinski definition) is 2. The molecule has 0 bridgehead atoms. The summed E-state index contributed by atoms with van der Waals surface area (Å²) in [6.07, 6.45) is 2.93. The molecule has 2 atom stereocenters. The van der Waals surface area contributed by atoms with Crippen molar-refractivity contribution >= 4 is 11.8 Å². The maximum absolute atomic E-state index is 13.6. The molecule has 0 aliphatic carbocycles. The highest BCUT2D eigenvalue weighted by Gasteiger charge is 2.25. The van der Waals surface area contributed by atoms with Crippen molar-refractivity contribution in [2.45, 2.75) is 30.6 Å². The fourth-order valence-electron chi connectivity index (χ4n) is 2.28. The van der Waals surface area contributed by atoms with Crippen molar-refractivity contribution in [1.29, 1.82) is 0 Å². The molecule has 1 aliphatic heterocycles. The molecule has 0 spiro atoms. The molecule has 0 saturated carbocycles. The van der Waals surface area contributed by atoms with Crippen molar-refractivity contribution in [3.8, 4) is 0 Å². The van der Waals surface area contributed by atoms with Gasteiger partial charge in [-0.2, -0.15) is 11.8 Å². The van der Waals surface area contributed by atoms with Crippen LogP contribution in [-0.4, -0.2) is 24.1 Å². The Morgan fingerprint density at radius 1 is 1.47 bits per heavy atom. The molecule has 1 aromatic rings. The largest absolute Gasteiger partial charge is 0.316 e. The van der Waals surface area contributed by atoms with E-state index in [-0.39, 0.29) is 6.04 Å². The van der Waals surface area contributed by atoms with Gasteiger partial charge >= 0.3 is 0 Å². The van der Waals surface area contributed by atoms with Gasteiger partial charge in [-0.05, 0) is 43.7 Å². The molecule has 2 rings (SSSR count). The smallest absolute Gasteiger partial charge is 0.162 e. The topological polar surface area (TPSA) is 12.0 Å². The van der Waals surface area contributed by atoms with Crippen LogP contribution in [0.25, 0.3) is 0 Å². The van der Waals surface area contributed by atoms with Crippen molar-refractivity contribution in [3.63, 3.8) is 0 Å². The Morgan fingerprint density at radius 3 is 2.94 bits per heavy atom. The third kappa shape index (κ3) is 2.99. The van der Waals surface area contributed by atoms with Crippen LogP contribution < -0.4 is 5.32 Å². The van der Waals surface area contributed by atoms with Gasteiger partial charge in [-0.25, -0.2) is 8.78 Å². The molecule has 94 valence electrons. The van der Waals surface area contributed by atoms with Gasteiger partial charge < -0.3 is 5.32 Å². The molecular formula is C13H17F2NS. The van der Waals surface area contributed by atoms with Crippen LogP contribution in [0.4, 0.5) is 8.78 Å². The van der Waals surface area contributed by atoms with E-state index in [1.807, 2.05) is 18.8 Å². The molecule has 2 unspecified atom stereocenters. The van der Waals surface area contributed by atoms with Crippen LogP contribution in [0.15, 0.2) is 18.2 Å². The number of hydrogen-bond donors (Lipinski definition) is 1. The lowest BCUT2D eigenvalue weighted by atomic mass is 10.0. The summed E-state index contributed by atoms with van der Waals surface area (Å²) >= 11 is 1.93. The molecule has 1 N–H and O–H groups in total. The van der Waals surface area contributed by atoms with Crippen LogP contribution in [0.1, 0.15) is 18.4 Å². The Balaban J connectivity index is 2.09. The summed E-state index contributed by atoms with van der Waals surface area (Å²) in [5, 5.41) is 3.75. The second-order valence-corrected chi connectivity index (χ2v) is 5.71. The maximum Gasteiger partial charge on any atom is 0.162 e. The fourth-order valence-corrected chi connectivity index (χ4v) is 3.72. The van der Waals surface area contributed by atoms with E-state index in [4.69, 9.17) is 0 Å². The molecule has 0 aromatic heterocycles. The lowest BCUT2D eigenvalue weighted by Crippen LogP contribution is -2.36. The van der Waals surface area contributed by atoms with Crippen LogP contribution in [0.3, 0.4) is 0 Å². The Labute approximate surface area is 105 Å². The van der Waals surface area contributed by atoms with Gasteiger partial charge in [0.05, 0.1) is 0 Å². The average molecular weight is 257 g/mol. The summed E-state index contributed by atoms with van der Waals surface area (Å²) in [7, 11) is 1.89. The van der Waals surface area contributed by atoms with Gasteiger partial charge in [0.2, 0.25) is 0 Å². The van der Waals surface area contributed by atoms with Gasteiger partial charge in [0.25, 0.3) is 0 Å². The Morgan fingerprint density at radius 2 is 2.29 bits per heavy atom. The van der Waals surface area contributed by atoms with Crippen LogP contribution in [0.2, 0.25) is 0 Å². The highest BCUT2D eigenvalue weighted by Crippen LogP contribution is 2.30. The predicted octanol–water partition coefficient (Wildman–Crippen LogP) is 2.99. The molecular weight excluding hydrogens is 240 g/mol. The summed E-state index contributed by atoms with van der Waals surface area (Å²) in [5.41, 5.74) is 0.469. The highest BCUT2D eigenvalue weighted by molar-refractivity contribution is 8.00. The average Bonchev–Trinajstić information content (AvgIpc) is 2.85. The minimum Gasteiger partial charge on any atom is -0.316 e. The van der Waals surface area contributed by atoms with Crippen molar-refractivity contribution in [3.05, 3.63) is 35.4 Å². The van der Waals surface area contributed by atoms with E-state index in [0.29, 0.717) is 17.2 Å². The van der Waals surface area contributed by atoms with Gasteiger partial charge in [-0.1, -0.05) is 12.1 Å². The van der Waals surface area contributed by atoms with Crippen LogP contribution in [-0.2, 0) is 6.42 Å². The van der Waals surface area contributed by atoms with Crippen LogP contribution in [0, 0.1) is 11.6 Å². The number of likely N-dealkylation sites (N-methyl/N-ethyl adjacent to an activating group) is 1. The second-order valence-electron chi connectivity index (χ2n) is 4.36. The molecule has 1 saturated heterocycles. The third-order valence-electron chi connectivity index (χ3n) is 3.26. The summed E-state index contributed by atoms with van der Waals surface area (Å²) in [6, 6.07) is 4.63. The summed E-state index contributed by atoms with van der Waals surface area (Å²) in [4.78, 5) is 0. The number of rotatable bonds is 4. The lowest BCUT2D eigenvalue weighted by Gasteiger charge is -2.22. The van der Waals surface area contributed by atoms with Gasteiger partial charge in [0.1, 0.15) is 0 Å². The van der Waals surface area contributed by atoms with Crippen molar-refractivity contribution < 1.29 is 8.78 Å². The Bertz CT molecular complexity index is 378. The minimum absolute atomic E-state index is 0.221. The summed E-state index contributed by atoms with van der Waals surface area (Å²) in [6.45, 7) is 0. The van der Waals surface area contributed by atoms with E-state index in [1.165, 1.54) is 12.2 Å². The molecule has 1 fully saturated rings. The zero-order valence-electron chi connectivity index (χ0n) is 9.88. The standard InChI is InChI=1S/C13H17F2NS/c1-16-11(12-6-3-7-17-12)8-9-4-2-5-10(14)13(9)15/h2,4-5,11-12,16H,3,6-8H2,1H3. The molecule has 1 aliphatic rings. The maximum atomic E-state index is 13.6. The van der Waals surface area contributed by atoms with Crippen molar-refractivity contribution in [2.75, 3.05) is 12.8 Å². The first-order chi connectivity index (χ1) is 8.22. The Hall–Kier alpha value is -0.610. The first kappa shape index (κ1) is 12.8. The van der Waals surface area contributed by atoms with Crippen molar-refractivity contribution in [2.24, 2.45) is 0 Å². The number of thioether (sulfide) groups is 1. The normalized spacial score (nSPS) is 21.7. The summed E-state index contributed by atoms with van der Waals surface area (Å²) < 4.78 is 26.7. The molecule has 0 amide bonds. The van der Waals surface area contributed by atoms with Gasteiger partial charge in [0.15, 0.2) is 11.6 Å². The van der Waals surface area contributed by atoms with E-state index in [2.05, 4.69) is 5.32 Å². The minimum atomic E-state index is -0.753. The van der Waals surface area contributed by atoms with Crippen LogP contribution in [0.5, 0.6) is 0 Å². The zero-order valence-corrected chi connectivity index (χ0v) is 10.7. The van der Waals surface area contributed by atoms with E-state index in [1.54, 1.807) is 12.1 Å². The second kappa shape index (κ2) is 5.83. The molecule has 1 heterocycles. The van der Waals surface area contributed by atoms with E-state index >= 15 is 0 Å². The van der Waals surface area contributed by atoms with Gasteiger partial charge in [-0.3, -0.25) is 0 Å². The number of benzene rings is 1. The predicted molar refractivity (Wildman–Crippen MR) is 68.4 cm³/mol. The highest BCUT2D eigenvalue weighted by atomic mass is 32.2. The van der Waals surface area contributed by atoms with E-state index in [0.717, 1.165) is 12.5 Å². The monoisotopic (exact) mass is 257 g/mol. The summed E-state index contributed by atoms with van der Waals surface area (Å²) in [5.74, 6) is -0.277. The van der Waals surface area contributed by atoms with Gasteiger partial charge in [0, 0.05) is 11.3 Å². The molecule has 4 heteroatoms. The van der Waals surface area contributed by atoms with Gasteiger partial charge in [-0.15, -0.1) is 0 Å². The van der Waals surface area contributed by atoms with E-state index < -0.39 is 11.6 Å². The molecule has 0 radical (unpaired) electrons. The zero-order chi connectivity index (χ0) is 12.3. The SMILES string of the molecule is CNC(Cc1cccc(F)c1F)C1CCCS1. The lowest BCUT2D eigenvalue weighted by molar-refractivity contribution is 0.475. The quantitative estimate of drug-likeness (QED) is 0.890. The molecule has 1 aromatic carbocycles.